The molecule has 3 fully saturated rings. The van der Waals surface area contributed by atoms with E-state index in [4.69, 9.17) is 4.74 Å². The molecule has 3 aliphatic rings. The van der Waals surface area contributed by atoms with Crippen molar-refractivity contribution >= 4 is 0 Å². The van der Waals surface area contributed by atoms with Crippen LogP contribution in [0.4, 0.5) is 0 Å². The minimum Gasteiger partial charge on any atom is -0.390 e. The Labute approximate surface area is 116 Å². The Balaban J connectivity index is 1.66. The Bertz CT molecular complexity index is 303. The molecular formula is C16H28O3. The van der Waals surface area contributed by atoms with Crippen LogP contribution in [0.5, 0.6) is 0 Å². The lowest BCUT2D eigenvalue weighted by atomic mass is 9.68. The first-order valence-electron chi connectivity index (χ1n) is 8.18. The minimum atomic E-state index is -0.830. The fraction of sp³-hybridized carbons (Fsp3) is 1.00. The molecule has 2 saturated carbocycles. The maximum absolute atomic E-state index is 10.8. The highest BCUT2D eigenvalue weighted by atomic mass is 16.5. The molecule has 0 amide bonds. The van der Waals surface area contributed by atoms with Crippen molar-refractivity contribution < 1.29 is 14.9 Å². The number of aliphatic hydroxyl groups is 2. The van der Waals surface area contributed by atoms with E-state index in [2.05, 4.69) is 0 Å². The van der Waals surface area contributed by atoms with E-state index in [1.54, 1.807) is 0 Å². The van der Waals surface area contributed by atoms with Crippen LogP contribution in [0.3, 0.4) is 0 Å². The molecule has 3 nitrogen and oxygen atoms in total. The number of rotatable bonds is 2. The van der Waals surface area contributed by atoms with Crippen molar-refractivity contribution in [2.24, 2.45) is 5.92 Å². The molecular weight excluding hydrogens is 240 g/mol. The molecule has 2 unspecified atom stereocenters. The Morgan fingerprint density at radius 3 is 2.21 bits per heavy atom. The van der Waals surface area contributed by atoms with E-state index in [1.807, 2.05) is 0 Å². The molecule has 19 heavy (non-hydrogen) atoms. The highest BCUT2D eigenvalue weighted by molar-refractivity contribution is 4.99. The lowest BCUT2D eigenvalue weighted by molar-refractivity contribution is -0.183. The fourth-order valence-electron chi connectivity index (χ4n) is 4.33. The second-order valence-corrected chi connectivity index (χ2v) is 7.10. The molecule has 0 radical (unpaired) electrons. The van der Waals surface area contributed by atoms with Crippen molar-refractivity contribution in [1.82, 2.24) is 0 Å². The molecule has 2 N–H and O–H groups in total. The first-order chi connectivity index (χ1) is 9.14. The highest BCUT2D eigenvalue weighted by Crippen LogP contribution is 2.47. The molecule has 1 heterocycles. The molecule has 1 aliphatic heterocycles. The molecule has 2 atom stereocenters. The predicted molar refractivity (Wildman–Crippen MR) is 73.9 cm³/mol. The standard InChI is InChI=1S/C16H28O3/c17-14(16(18)9-3-1-2-4-10-16)13-6-11-19-15(12-13)7-5-8-15/h13-14,17-18H,1-12H2. The third-order valence-corrected chi connectivity index (χ3v) is 5.76. The summed E-state index contributed by atoms with van der Waals surface area (Å²) in [4.78, 5) is 0. The summed E-state index contributed by atoms with van der Waals surface area (Å²) >= 11 is 0. The second-order valence-electron chi connectivity index (χ2n) is 7.10. The number of aliphatic hydroxyl groups excluding tert-OH is 1. The molecule has 0 bridgehead atoms. The average Bonchev–Trinajstić information content (AvgIpc) is 2.62. The lowest BCUT2D eigenvalue weighted by Crippen LogP contribution is -2.53. The third-order valence-electron chi connectivity index (χ3n) is 5.76. The molecule has 0 aromatic rings. The van der Waals surface area contributed by atoms with Gasteiger partial charge in [0.25, 0.3) is 0 Å². The van der Waals surface area contributed by atoms with Crippen LogP contribution in [0, 0.1) is 5.92 Å². The normalized spacial score (nSPS) is 35.4. The van der Waals surface area contributed by atoms with Crippen LogP contribution >= 0.6 is 0 Å². The van der Waals surface area contributed by atoms with Crippen molar-refractivity contribution in [3.8, 4) is 0 Å². The van der Waals surface area contributed by atoms with Gasteiger partial charge in [-0.25, -0.2) is 0 Å². The zero-order chi connectivity index (χ0) is 13.3. The van der Waals surface area contributed by atoms with Crippen molar-refractivity contribution in [2.75, 3.05) is 6.61 Å². The number of hydrogen-bond acceptors (Lipinski definition) is 3. The van der Waals surface area contributed by atoms with Crippen molar-refractivity contribution in [3.05, 3.63) is 0 Å². The van der Waals surface area contributed by atoms with E-state index in [-0.39, 0.29) is 11.5 Å². The van der Waals surface area contributed by atoms with E-state index in [0.29, 0.717) is 0 Å². The summed E-state index contributed by atoms with van der Waals surface area (Å²) in [6.07, 6.45) is 10.9. The maximum Gasteiger partial charge on any atom is 0.0908 e. The summed E-state index contributed by atoms with van der Waals surface area (Å²) in [5, 5.41) is 21.6. The zero-order valence-corrected chi connectivity index (χ0v) is 11.9. The van der Waals surface area contributed by atoms with Crippen LogP contribution in [-0.2, 0) is 4.74 Å². The monoisotopic (exact) mass is 268 g/mol. The quantitative estimate of drug-likeness (QED) is 0.757. The summed E-state index contributed by atoms with van der Waals surface area (Å²) in [7, 11) is 0. The largest absolute Gasteiger partial charge is 0.390 e. The second kappa shape index (κ2) is 5.34. The minimum absolute atomic E-state index is 0.0605. The lowest BCUT2D eigenvalue weighted by Gasteiger charge is -2.50. The summed E-state index contributed by atoms with van der Waals surface area (Å²) in [5.41, 5.74) is -0.769. The third kappa shape index (κ3) is 2.70. The van der Waals surface area contributed by atoms with Gasteiger partial charge in [0.15, 0.2) is 0 Å². The summed E-state index contributed by atoms with van der Waals surface area (Å²) < 4.78 is 5.93. The number of ether oxygens (including phenoxy) is 1. The van der Waals surface area contributed by atoms with E-state index in [0.717, 1.165) is 58.0 Å². The van der Waals surface area contributed by atoms with Crippen LogP contribution in [-0.4, -0.2) is 34.1 Å². The Hall–Kier alpha value is -0.120. The van der Waals surface area contributed by atoms with Gasteiger partial charge in [0, 0.05) is 6.61 Å². The topological polar surface area (TPSA) is 49.7 Å². The number of hydrogen-bond donors (Lipinski definition) is 2. The van der Waals surface area contributed by atoms with Crippen LogP contribution in [0.15, 0.2) is 0 Å². The Kier molecular flexibility index (Phi) is 3.89. The Morgan fingerprint density at radius 2 is 1.63 bits per heavy atom. The van der Waals surface area contributed by atoms with E-state index < -0.39 is 11.7 Å². The van der Waals surface area contributed by atoms with Gasteiger partial charge in [-0.2, -0.15) is 0 Å². The van der Waals surface area contributed by atoms with Crippen molar-refractivity contribution in [3.63, 3.8) is 0 Å². The van der Waals surface area contributed by atoms with Gasteiger partial charge < -0.3 is 14.9 Å². The van der Waals surface area contributed by atoms with Gasteiger partial charge in [-0.15, -0.1) is 0 Å². The molecule has 3 heteroatoms. The summed E-state index contributed by atoms with van der Waals surface area (Å²) in [6, 6.07) is 0. The average molecular weight is 268 g/mol. The van der Waals surface area contributed by atoms with Gasteiger partial charge in [0.1, 0.15) is 0 Å². The maximum atomic E-state index is 10.8. The summed E-state index contributed by atoms with van der Waals surface area (Å²) in [5.74, 6) is 0.233. The van der Waals surface area contributed by atoms with Crippen LogP contribution < -0.4 is 0 Å². The summed E-state index contributed by atoms with van der Waals surface area (Å²) in [6.45, 7) is 0.762. The predicted octanol–water partition coefficient (Wildman–Crippen LogP) is 2.78. The molecule has 2 aliphatic carbocycles. The Morgan fingerprint density at radius 1 is 0.947 bits per heavy atom. The van der Waals surface area contributed by atoms with Gasteiger partial charge >= 0.3 is 0 Å². The van der Waals surface area contributed by atoms with Gasteiger partial charge in [-0.1, -0.05) is 25.7 Å². The van der Waals surface area contributed by atoms with Crippen molar-refractivity contribution in [2.45, 2.75) is 87.9 Å². The van der Waals surface area contributed by atoms with Gasteiger partial charge in [-0.3, -0.25) is 0 Å². The van der Waals surface area contributed by atoms with Gasteiger partial charge in [0.2, 0.25) is 0 Å². The molecule has 0 aromatic carbocycles. The van der Waals surface area contributed by atoms with Crippen LogP contribution in [0.1, 0.15) is 70.6 Å². The van der Waals surface area contributed by atoms with Crippen LogP contribution in [0.2, 0.25) is 0 Å². The van der Waals surface area contributed by atoms with E-state index >= 15 is 0 Å². The van der Waals surface area contributed by atoms with Crippen molar-refractivity contribution in [1.29, 1.82) is 0 Å². The van der Waals surface area contributed by atoms with Gasteiger partial charge in [-0.05, 0) is 50.9 Å². The molecule has 3 rings (SSSR count). The molecule has 1 saturated heterocycles. The van der Waals surface area contributed by atoms with Gasteiger partial charge in [0.05, 0.1) is 17.3 Å². The zero-order valence-electron chi connectivity index (χ0n) is 11.9. The molecule has 1 spiro atoms. The first-order valence-corrected chi connectivity index (χ1v) is 8.18. The van der Waals surface area contributed by atoms with E-state index in [9.17, 15) is 10.2 Å². The van der Waals surface area contributed by atoms with E-state index in [1.165, 1.54) is 19.3 Å². The SMILES string of the molecule is OC(C1CCOC2(CCC2)C1)C1(O)CCCCCC1. The molecule has 0 aromatic heterocycles. The van der Waals surface area contributed by atoms with Crippen LogP contribution in [0.25, 0.3) is 0 Å². The first kappa shape index (κ1) is 13.8. The fourth-order valence-corrected chi connectivity index (χ4v) is 4.33. The molecule has 110 valence electrons. The highest BCUT2D eigenvalue weighted by Gasteiger charge is 2.48. The smallest absolute Gasteiger partial charge is 0.0908 e.